The fraction of sp³-hybridized carbons (Fsp3) is 0.360. The summed E-state index contributed by atoms with van der Waals surface area (Å²) in [5.74, 6) is 0.641. The Labute approximate surface area is 167 Å². The lowest BCUT2D eigenvalue weighted by atomic mass is 9.88. The minimum absolute atomic E-state index is 0.0413. The summed E-state index contributed by atoms with van der Waals surface area (Å²) in [6, 6.07) is 20.2. The number of hydrogen-bond donors (Lipinski definition) is 0. The number of fused-ring (bicyclic) bond motifs is 1. The maximum absolute atomic E-state index is 13.4. The van der Waals surface area contributed by atoms with Crippen LogP contribution in [0.3, 0.4) is 0 Å². The van der Waals surface area contributed by atoms with Gasteiger partial charge in [-0.2, -0.15) is 0 Å². The van der Waals surface area contributed by atoms with Crippen molar-refractivity contribution in [2.75, 3.05) is 6.54 Å². The highest BCUT2D eigenvalue weighted by Crippen LogP contribution is 2.26. The Hall–Kier alpha value is -2.68. The lowest BCUT2D eigenvalue weighted by Crippen LogP contribution is -2.36. The molecule has 3 heteroatoms. The van der Waals surface area contributed by atoms with E-state index >= 15 is 0 Å². The van der Waals surface area contributed by atoms with Gasteiger partial charge in [-0.25, -0.2) is 4.98 Å². The maximum Gasteiger partial charge on any atom is 0.272 e. The number of amides is 1. The molecule has 1 heterocycles. The molecule has 1 aliphatic carbocycles. The number of aryl methyl sites for hydroxylation is 1. The molecule has 2 aromatic carbocycles. The SMILES string of the molecule is Cc1ccccc1CN(CC1CCCCC1)C(=O)c1ccc2ccccc2n1. The van der Waals surface area contributed by atoms with Crippen LogP contribution in [0.2, 0.25) is 0 Å². The molecular weight excluding hydrogens is 344 g/mol. The summed E-state index contributed by atoms with van der Waals surface area (Å²) in [7, 11) is 0. The van der Waals surface area contributed by atoms with Gasteiger partial charge in [0.25, 0.3) is 5.91 Å². The molecule has 144 valence electrons. The molecular formula is C25H28N2O. The predicted molar refractivity (Wildman–Crippen MR) is 114 cm³/mol. The third kappa shape index (κ3) is 4.24. The van der Waals surface area contributed by atoms with Crippen LogP contribution in [0.5, 0.6) is 0 Å². The largest absolute Gasteiger partial charge is 0.333 e. The average molecular weight is 373 g/mol. The fourth-order valence-electron chi connectivity index (χ4n) is 4.24. The molecule has 1 amide bonds. The van der Waals surface area contributed by atoms with Gasteiger partial charge in [-0.15, -0.1) is 0 Å². The molecule has 1 aromatic heterocycles. The zero-order valence-electron chi connectivity index (χ0n) is 16.6. The highest BCUT2D eigenvalue weighted by atomic mass is 16.2. The Morgan fingerprint density at radius 3 is 2.54 bits per heavy atom. The summed E-state index contributed by atoms with van der Waals surface area (Å²) in [5, 5.41) is 1.07. The standard InChI is InChI=1S/C25H28N2O/c1-19-9-5-6-13-22(19)18-27(17-20-10-3-2-4-11-20)25(28)24-16-15-21-12-7-8-14-23(21)26-24/h5-9,12-16,20H,2-4,10-11,17-18H2,1H3. The normalized spacial score (nSPS) is 14.9. The van der Waals surface area contributed by atoms with Crippen molar-refractivity contribution in [3.63, 3.8) is 0 Å². The van der Waals surface area contributed by atoms with E-state index in [1.807, 2.05) is 41.3 Å². The van der Waals surface area contributed by atoms with Crippen molar-refractivity contribution in [1.29, 1.82) is 0 Å². The van der Waals surface area contributed by atoms with E-state index in [1.165, 1.54) is 43.2 Å². The smallest absolute Gasteiger partial charge is 0.272 e. The van der Waals surface area contributed by atoms with E-state index in [2.05, 4.69) is 36.2 Å². The minimum atomic E-state index is 0.0413. The van der Waals surface area contributed by atoms with E-state index in [1.54, 1.807) is 0 Å². The molecule has 0 spiro atoms. The van der Waals surface area contributed by atoms with Crippen LogP contribution in [-0.2, 0) is 6.54 Å². The van der Waals surface area contributed by atoms with Crippen molar-refractivity contribution in [2.45, 2.75) is 45.6 Å². The number of para-hydroxylation sites is 1. The summed E-state index contributed by atoms with van der Waals surface area (Å²) in [6.45, 7) is 3.59. The molecule has 0 aliphatic heterocycles. The Balaban J connectivity index is 1.62. The number of aromatic nitrogens is 1. The van der Waals surface area contributed by atoms with Gasteiger partial charge < -0.3 is 4.90 Å². The van der Waals surface area contributed by atoms with Crippen molar-refractivity contribution < 1.29 is 4.79 Å². The number of pyridine rings is 1. The monoisotopic (exact) mass is 372 g/mol. The Bertz CT molecular complexity index is 959. The van der Waals surface area contributed by atoms with Gasteiger partial charge >= 0.3 is 0 Å². The molecule has 28 heavy (non-hydrogen) atoms. The van der Waals surface area contributed by atoms with Gasteiger partial charge in [-0.3, -0.25) is 4.79 Å². The van der Waals surface area contributed by atoms with Crippen molar-refractivity contribution in [2.24, 2.45) is 5.92 Å². The van der Waals surface area contributed by atoms with Gasteiger partial charge in [-0.05, 0) is 48.9 Å². The molecule has 0 radical (unpaired) electrons. The Morgan fingerprint density at radius 2 is 1.71 bits per heavy atom. The van der Waals surface area contributed by atoms with E-state index in [0.29, 0.717) is 18.2 Å². The van der Waals surface area contributed by atoms with Gasteiger partial charge in [0.2, 0.25) is 0 Å². The molecule has 1 fully saturated rings. The quantitative estimate of drug-likeness (QED) is 0.570. The molecule has 0 N–H and O–H groups in total. The second-order valence-corrected chi connectivity index (χ2v) is 8.01. The van der Waals surface area contributed by atoms with Crippen LogP contribution in [0.4, 0.5) is 0 Å². The second kappa shape index (κ2) is 8.55. The van der Waals surface area contributed by atoms with Crippen LogP contribution < -0.4 is 0 Å². The highest BCUT2D eigenvalue weighted by molar-refractivity contribution is 5.94. The molecule has 3 aromatic rings. The van der Waals surface area contributed by atoms with Crippen LogP contribution in [0, 0.1) is 12.8 Å². The van der Waals surface area contributed by atoms with E-state index in [-0.39, 0.29) is 5.91 Å². The zero-order chi connectivity index (χ0) is 19.3. The summed E-state index contributed by atoms with van der Waals surface area (Å²) in [6.07, 6.45) is 6.34. The molecule has 0 bridgehead atoms. The minimum Gasteiger partial charge on any atom is -0.333 e. The average Bonchev–Trinajstić information content (AvgIpc) is 2.74. The first-order chi connectivity index (χ1) is 13.7. The first-order valence-electron chi connectivity index (χ1n) is 10.4. The lowest BCUT2D eigenvalue weighted by Gasteiger charge is -2.30. The van der Waals surface area contributed by atoms with Crippen molar-refractivity contribution in [3.05, 3.63) is 77.5 Å². The van der Waals surface area contributed by atoms with Crippen LogP contribution in [-0.4, -0.2) is 22.3 Å². The van der Waals surface area contributed by atoms with Crippen molar-refractivity contribution >= 4 is 16.8 Å². The number of benzene rings is 2. The van der Waals surface area contributed by atoms with Crippen LogP contribution in [0.15, 0.2) is 60.7 Å². The van der Waals surface area contributed by atoms with E-state index in [0.717, 1.165) is 17.4 Å². The third-order valence-electron chi connectivity index (χ3n) is 5.93. The van der Waals surface area contributed by atoms with Gasteiger partial charge in [0.05, 0.1) is 5.52 Å². The topological polar surface area (TPSA) is 33.2 Å². The molecule has 1 aliphatic rings. The number of carbonyl (C=O) groups excluding carboxylic acids is 1. The fourth-order valence-corrected chi connectivity index (χ4v) is 4.24. The molecule has 0 unspecified atom stereocenters. The number of rotatable bonds is 5. The van der Waals surface area contributed by atoms with Crippen LogP contribution in [0.25, 0.3) is 10.9 Å². The van der Waals surface area contributed by atoms with Gasteiger partial charge in [0.15, 0.2) is 0 Å². The summed E-state index contributed by atoms with van der Waals surface area (Å²) < 4.78 is 0. The van der Waals surface area contributed by atoms with Gasteiger partial charge in [0.1, 0.15) is 5.69 Å². The van der Waals surface area contributed by atoms with Crippen LogP contribution >= 0.6 is 0 Å². The highest BCUT2D eigenvalue weighted by Gasteiger charge is 2.23. The number of hydrogen-bond acceptors (Lipinski definition) is 2. The first kappa shape index (κ1) is 18.7. The molecule has 0 atom stereocenters. The first-order valence-corrected chi connectivity index (χ1v) is 10.4. The summed E-state index contributed by atoms with van der Waals surface area (Å²) >= 11 is 0. The molecule has 4 rings (SSSR count). The molecule has 1 saturated carbocycles. The maximum atomic E-state index is 13.4. The zero-order valence-corrected chi connectivity index (χ0v) is 16.6. The summed E-state index contributed by atoms with van der Waals surface area (Å²) in [4.78, 5) is 20.1. The summed E-state index contributed by atoms with van der Waals surface area (Å²) in [5.41, 5.74) is 3.87. The van der Waals surface area contributed by atoms with E-state index in [9.17, 15) is 4.79 Å². The lowest BCUT2D eigenvalue weighted by molar-refractivity contribution is 0.0693. The van der Waals surface area contributed by atoms with E-state index in [4.69, 9.17) is 0 Å². The number of carbonyl (C=O) groups is 1. The van der Waals surface area contributed by atoms with Crippen LogP contribution in [0.1, 0.15) is 53.7 Å². The van der Waals surface area contributed by atoms with Crippen molar-refractivity contribution in [1.82, 2.24) is 9.88 Å². The molecule has 0 saturated heterocycles. The van der Waals surface area contributed by atoms with Gasteiger partial charge in [0, 0.05) is 18.5 Å². The Kier molecular flexibility index (Phi) is 5.70. The predicted octanol–water partition coefficient (Wildman–Crippen LogP) is 5.77. The Morgan fingerprint density at radius 1 is 0.964 bits per heavy atom. The van der Waals surface area contributed by atoms with E-state index < -0.39 is 0 Å². The van der Waals surface area contributed by atoms with Gasteiger partial charge in [-0.1, -0.05) is 67.8 Å². The molecule has 3 nitrogen and oxygen atoms in total. The van der Waals surface area contributed by atoms with Crippen molar-refractivity contribution in [3.8, 4) is 0 Å². The number of nitrogens with zero attached hydrogens (tertiary/aromatic N) is 2. The second-order valence-electron chi connectivity index (χ2n) is 8.01. The third-order valence-corrected chi connectivity index (χ3v) is 5.93.